The lowest BCUT2D eigenvalue weighted by Gasteiger charge is -2.09. The van der Waals surface area contributed by atoms with Gasteiger partial charge in [0.15, 0.2) is 0 Å². The Balaban J connectivity index is 2.93. The first-order valence-corrected chi connectivity index (χ1v) is 4.42. The second kappa shape index (κ2) is 3.21. The number of rotatable bonds is 2. The number of nitrogens with zero attached hydrogens (tertiary/aromatic N) is 1. The SMILES string of the molecule is Cc1cc(NC(C)C)c(C)n1C. The van der Waals surface area contributed by atoms with Crippen molar-refractivity contribution in [2.75, 3.05) is 5.32 Å². The Kier molecular flexibility index (Phi) is 2.46. The molecule has 68 valence electrons. The van der Waals surface area contributed by atoms with E-state index in [-0.39, 0.29) is 0 Å². The van der Waals surface area contributed by atoms with Crippen LogP contribution in [-0.4, -0.2) is 10.6 Å². The number of aromatic nitrogens is 1. The molecule has 1 heterocycles. The van der Waals surface area contributed by atoms with Gasteiger partial charge in [0, 0.05) is 24.5 Å². The van der Waals surface area contributed by atoms with Crippen molar-refractivity contribution in [2.45, 2.75) is 33.7 Å². The molecule has 2 nitrogen and oxygen atoms in total. The number of anilines is 1. The van der Waals surface area contributed by atoms with Gasteiger partial charge in [-0.25, -0.2) is 0 Å². The summed E-state index contributed by atoms with van der Waals surface area (Å²) in [6, 6.07) is 2.69. The van der Waals surface area contributed by atoms with Crippen LogP contribution >= 0.6 is 0 Å². The first kappa shape index (κ1) is 9.17. The van der Waals surface area contributed by atoms with E-state index in [0.29, 0.717) is 6.04 Å². The minimum atomic E-state index is 0.505. The van der Waals surface area contributed by atoms with Crippen LogP contribution < -0.4 is 5.32 Å². The lowest BCUT2D eigenvalue weighted by Crippen LogP contribution is -2.10. The molecule has 0 spiro atoms. The van der Waals surface area contributed by atoms with Crippen molar-refractivity contribution in [3.05, 3.63) is 17.5 Å². The summed E-state index contributed by atoms with van der Waals surface area (Å²) < 4.78 is 2.20. The normalized spacial score (nSPS) is 10.8. The molecule has 0 fully saturated rings. The first-order valence-electron chi connectivity index (χ1n) is 4.42. The molecule has 0 atom stereocenters. The zero-order valence-electron chi connectivity index (χ0n) is 8.60. The Morgan fingerprint density at radius 3 is 2.25 bits per heavy atom. The van der Waals surface area contributed by atoms with Crippen LogP contribution in [0.5, 0.6) is 0 Å². The lowest BCUT2D eigenvalue weighted by atomic mass is 10.3. The van der Waals surface area contributed by atoms with Crippen LogP contribution in [0.3, 0.4) is 0 Å². The molecule has 1 aromatic heterocycles. The summed E-state index contributed by atoms with van der Waals surface area (Å²) in [6.45, 7) is 8.57. The van der Waals surface area contributed by atoms with Crippen molar-refractivity contribution in [3.63, 3.8) is 0 Å². The van der Waals surface area contributed by atoms with Gasteiger partial charge in [0.2, 0.25) is 0 Å². The molecule has 0 amide bonds. The average Bonchev–Trinajstić information content (AvgIpc) is 2.17. The molecule has 12 heavy (non-hydrogen) atoms. The van der Waals surface area contributed by atoms with E-state index in [9.17, 15) is 0 Å². The molecule has 0 aliphatic carbocycles. The number of hydrogen-bond acceptors (Lipinski definition) is 1. The van der Waals surface area contributed by atoms with Crippen molar-refractivity contribution in [1.82, 2.24) is 4.57 Å². The van der Waals surface area contributed by atoms with Crippen molar-refractivity contribution >= 4 is 5.69 Å². The van der Waals surface area contributed by atoms with Crippen LogP contribution in [-0.2, 0) is 7.05 Å². The fraction of sp³-hybridized carbons (Fsp3) is 0.600. The van der Waals surface area contributed by atoms with Gasteiger partial charge < -0.3 is 9.88 Å². The van der Waals surface area contributed by atoms with Crippen LogP contribution in [0.15, 0.2) is 6.07 Å². The molecule has 0 aliphatic rings. The van der Waals surface area contributed by atoms with Gasteiger partial charge in [0.25, 0.3) is 0 Å². The van der Waals surface area contributed by atoms with E-state index in [4.69, 9.17) is 0 Å². The van der Waals surface area contributed by atoms with Crippen molar-refractivity contribution in [1.29, 1.82) is 0 Å². The standard InChI is InChI=1S/C10H18N2/c1-7(2)11-10-6-8(3)12(5)9(10)4/h6-7,11H,1-5H3. The quantitative estimate of drug-likeness (QED) is 0.714. The maximum atomic E-state index is 3.41. The zero-order chi connectivity index (χ0) is 9.30. The van der Waals surface area contributed by atoms with Crippen LogP contribution in [0.25, 0.3) is 0 Å². The molecule has 0 bridgehead atoms. The monoisotopic (exact) mass is 166 g/mol. The Labute approximate surface area is 74.6 Å². The summed E-state index contributed by atoms with van der Waals surface area (Å²) in [5.41, 5.74) is 3.86. The molecule has 0 saturated carbocycles. The average molecular weight is 166 g/mol. The van der Waals surface area contributed by atoms with Crippen LogP contribution in [0.1, 0.15) is 25.2 Å². The van der Waals surface area contributed by atoms with Gasteiger partial charge in [-0.3, -0.25) is 0 Å². The number of aryl methyl sites for hydroxylation is 1. The van der Waals surface area contributed by atoms with Gasteiger partial charge in [-0.15, -0.1) is 0 Å². The van der Waals surface area contributed by atoms with E-state index in [1.54, 1.807) is 0 Å². The molecule has 0 aromatic carbocycles. The fourth-order valence-electron chi connectivity index (χ4n) is 1.31. The molecule has 1 rings (SSSR count). The van der Waals surface area contributed by atoms with E-state index < -0.39 is 0 Å². The smallest absolute Gasteiger partial charge is 0.0554 e. The number of hydrogen-bond donors (Lipinski definition) is 1. The Hall–Kier alpha value is -0.920. The van der Waals surface area contributed by atoms with Gasteiger partial charge in [-0.1, -0.05) is 0 Å². The summed E-state index contributed by atoms with van der Waals surface area (Å²) in [5, 5.41) is 3.41. The third-order valence-electron chi connectivity index (χ3n) is 2.22. The highest BCUT2D eigenvalue weighted by atomic mass is 15.0. The largest absolute Gasteiger partial charge is 0.381 e. The van der Waals surface area contributed by atoms with Gasteiger partial charge in [0.05, 0.1) is 5.69 Å². The summed E-state index contributed by atoms with van der Waals surface area (Å²) in [4.78, 5) is 0. The number of nitrogens with one attached hydrogen (secondary N) is 1. The third-order valence-corrected chi connectivity index (χ3v) is 2.22. The topological polar surface area (TPSA) is 17.0 Å². The minimum absolute atomic E-state index is 0.505. The van der Waals surface area contributed by atoms with Crippen molar-refractivity contribution in [3.8, 4) is 0 Å². The molecule has 2 heteroatoms. The molecule has 1 N–H and O–H groups in total. The maximum absolute atomic E-state index is 3.41. The van der Waals surface area contributed by atoms with Crippen LogP contribution in [0, 0.1) is 13.8 Å². The molecular formula is C10H18N2. The minimum Gasteiger partial charge on any atom is -0.381 e. The second-order valence-corrected chi connectivity index (χ2v) is 3.64. The van der Waals surface area contributed by atoms with Crippen molar-refractivity contribution in [2.24, 2.45) is 7.05 Å². The van der Waals surface area contributed by atoms with Gasteiger partial charge in [-0.2, -0.15) is 0 Å². The van der Waals surface area contributed by atoms with E-state index >= 15 is 0 Å². The molecule has 0 radical (unpaired) electrons. The van der Waals surface area contributed by atoms with Crippen LogP contribution in [0.2, 0.25) is 0 Å². The van der Waals surface area contributed by atoms with E-state index in [1.165, 1.54) is 17.1 Å². The Morgan fingerprint density at radius 1 is 1.33 bits per heavy atom. The van der Waals surface area contributed by atoms with Crippen molar-refractivity contribution < 1.29 is 0 Å². The highest BCUT2D eigenvalue weighted by Crippen LogP contribution is 2.19. The van der Waals surface area contributed by atoms with E-state index in [0.717, 1.165) is 0 Å². The maximum Gasteiger partial charge on any atom is 0.0554 e. The first-order chi connectivity index (χ1) is 5.52. The highest BCUT2D eigenvalue weighted by molar-refractivity contribution is 5.51. The molecule has 1 aromatic rings. The highest BCUT2D eigenvalue weighted by Gasteiger charge is 2.05. The zero-order valence-corrected chi connectivity index (χ0v) is 8.60. The third kappa shape index (κ3) is 1.63. The molecule has 0 saturated heterocycles. The summed E-state index contributed by atoms with van der Waals surface area (Å²) in [7, 11) is 2.09. The predicted molar refractivity (Wildman–Crippen MR) is 53.6 cm³/mol. The molecule has 0 aliphatic heterocycles. The summed E-state index contributed by atoms with van der Waals surface area (Å²) in [5.74, 6) is 0. The van der Waals surface area contributed by atoms with E-state index in [1.807, 2.05) is 0 Å². The molecule has 0 unspecified atom stereocenters. The summed E-state index contributed by atoms with van der Waals surface area (Å²) in [6.07, 6.45) is 0. The summed E-state index contributed by atoms with van der Waals surface area (Å²) >= 11 is 0. The van der Waals surface area contributed by atoms with E-state index in [2.05, 4.69) is 50.7 Å². The Morgan fingerprint density at radius 2 is 1.92 bits per heavy atom. The molecular weight excluding hydrogens is 148 g/mol. The van der Waals surface area contributed by atoms with Gasteiger partial charge in [0.1, 0.15) is 0 Å². The van der Waals surface area contributed by atoms with Gasteiger partial charge >= 0.3 is 0 Å². The van der Waals surface area contributed by atoms with Gasteiger partial charge in [-0.05, 0) is 33.8 Å². The predicted octanol–water partition coefficient (Wildman–Crippen LogP) is 2.46. The fourth-order valence-corrected chi connectivity index (χ4v) is 1.31. The van der Waals surface area contributed by atoms with Crippen LogP contribution in [0.4, 0.5) is 5.69 Å². The second-order valence-electron chi connectivity index (χ2n) is 3.64. The lowest BCUT2D eigenvalue weighted by molar-refractivity contribution is 0.838. The Bertz CT molecular complexity index is 272.